The van der Waals surface area contributed by atoms with Gasteiger partial charge in [-0.1, -0.05) is 43.7 Å². The monoisotopic (exact) mass is 252 g/mol. The minimum Gasteiger partial charge on any atom is -0.336 e. The third kappa shape index (κ3) is 3.26. The highest BCUT2D eigenvalue weighted by Crippen LogP contribution is 2.16. The van der Waals surface area contributed by atoms with Gasteiger partial charge >= 0.3 is 0 Å². The Morgan fingerprint density at radius 2 is 1.79 bits per heavy atom. The first kappa shape index (κ1) is 13.4. The fourth-order valence-corrected chi connectivity index (χ4v) is 2.26. The molecule has 0 saturated carbocycles. The molecule has 0 saturated heterocycles. The molecule has 2 rings (SSSR count). The van der Waals surface area contributed by atoms with E-state index in [0.29, 0.717) is 5.92 Å². The lowest BCUT2D eigenvalue weighted by molar-refractivity contribution is 0.510. The molecule has 98 valence electrons. The molecule has 0 amide bonds. The summed E-state index contributed by atoms with van der Waals surface area (Å²) >= 11 is 0. The third-order valence-electron chi connectivity index (χ3n) is 3.24. The first-order valence-electron chi connectivity index (χ1n) is 6.74. The summed E-state index contributed by atoms with van der Waals surface area (Å²) in [4.78, 5) is 0. The maximum Gasteiger partial charge on any atom is 0.120 e. The molecular weight excluding hydrogens is 232 g/mol. The van der Waals surface area contributed by atoms with Gasteiger partial charge in [-0.05, 0) is 30.5 Å². The van der Waals surface area contributed by atoms with Crippen LogP contribution >= 0.6 is 0 Å². The summed E-state index contributed by atoms with van der Waals surface area (Å²) in [7, 11) is 0. The van der Waals surface area contributed by atoms with E-state index < -0.39 is 0 Å². The predicted molar refractivity (Wildman–Crippen MR) is 78.0 cm³/mol. The number of aromatic nitrogens is 1. The summed E-state index contributed by atoms with van der Waals surface area (Å²) in [5.74, 6) is 0.538. The van der Waals surface area contributed by atoms with Gasteiger partial charge in [0.15, 0.2) is 0 Å². The molecule has 0 N–H and O–H groups in total. The second-order valence-corrected chi connectivity index (χ2v) is 5.49. The van der Waals surface area contributed by atoms with Crippen molar-refractivity contribution >= 4 is 0 Å². The Bertz CT molecular complexity index is 583. The summed E-state index contributed by atoms with van der Waals surface area (Å²) < 4.78 is 2.14. The van der Waals surface area contributed by atoms with Crippen LogP contribution < -0.4 is 0 Å². The minimum absolute atomic E-state index is 0.538. The van der Waals surface area contributed by atoms with Crippen molar-refractivity contribution in [3.05, 3.63) is 58.9 Å². The predicted octanol–water partition coefficient (Wildman–Crippen LogP) is 3.92. The second kappa shape index (κ2) is 5.75. The van der Waals surface area contributed by atoms with Gasteiger partial charge in [0.1, 0.15) is 11.8 Å². The van der Waals surface area contributed by atoms with Crippen LogP contribution in [0.15, 0.2) is 36.4 Å². The molecule has 1 aromatic carbocycles. The number of aryl methyl sites for hydroxylation is 1. The molecular formula is C17H20N2. The zero-order valence-electron chi connectivity index (χ0n) is 11.9. The fourth-order valence-electron chi connectivity index (χ4n) is 2.26. The van der Waals surface area contributed by atoms with Crippen molar-refractivity contribution < 1.29 is 0 Å². The first-order chi connectivity index (χ1) is 9.10. The van der Waals surface area contributed by atoms with Crippen LogP contribution in [0.3, 0.4) is 0 Å². The van der Waals surface area contributed by atoms with E-state index in [0.717, 1.165) is 18.7 Å². The van der Waals surface area contributed by atoms with Crippen molar-refractivity contribution in [2.45, 2.75) is 33.7 Å². The Morgan fingerprint density at radius 3 is 2.37 bits per heavy atom. The molecule has 0 fully saturated rings. The topological polar surface area (TPSA) is 28.7 Å². The summed E-state index contributed by atoms with van der Waals surface area (Å²) in [5, 5.41) is 9.18. The van der Waals surface area contributed by atoms with Gasteiger partial charge < -0.3 is 4.57 Å². The minimum atomic E-state index is 0.538. The number of nitrogens with zero attached hydrogens (tertiary/aromatic N) is 2. The van der Waals surface area contributed by atoms with Crippen LogP contribution in [-0.4, -0.2) is 4.57 Å². The molecule has 0 unspecified atom stereocenters. The highest BCUT2D eigenvalue weighted by Gasteiger charge is 2.09. The first-order valence-corrected chi connectivity index (χ1v) is 6.74. The van der Waals surface area contributed by atoms with Gasteiger partial charge in [0.05, 0.1) is 0 Å². The van der Waals surface area contributed by atoms with E-state index in [-0.39, 0.29) is 0 Å². The van der Waals surface area contributed by atoms with Crippen LogP contribution in [0.1, 0.15) is 36.4 Å². The van der Waals surface area contributed by atoms with E-state index in [1.165, 1.54) is 16.8 Å². The number of hydrogen-bond donors (Lipinski definition) is 0. The van der Waals surface area contributed by atoms with Gasteiger partial charge in [-0.3, -0.25) is 0 Å². The highest BCUT2D eigenvalue weighted by molar-refractivity contribution is 5.31. The van der Waals surface area contributed by atoms with Crippen LogP contribution in [-0.2, 0) is 13.0 Å². The SMILES string of the molecule is Cc1ccc(Cc2ccc(C#N)n2CC(C)C)cc1. The summed E-state index contributed by atoms with van der Waals surface area (Å²) in [6.07, 6.45) is 0.884. The van der Waals surface area contributed by atoms with E-state index in [1.807, 2.05) is 6.07 Å². The molecule has 0 aliphatic rings. The molecule has 0 bridgehead atoms. The normalized spacial score (nSPS) is 10.7. The molecule has 1 aromatic heterocycles. The summed E-state index contributed by atoms with van der Waals surface area (Å²) in [6.45, 7) is 7.35. The maximum atomic E-state index is 9.18. The van der Waals surface area contributed by atoms with Gasteiger partial charge in [0.25, 0.3) is 0 Å². The quantitative estimate of drug-likeness (QED) is 0.811. The van der Waals surface area contributed by atoms with Crippen molar-refractivity contribution in [2.24, 2.45) is 5.92 Å². The lowest BCUT2D eigenvalue weighted by Crippen LogP contribution is -2.10. The van der Waals surface area contributed by atoms with Gasteiger partial charge in [-0.15, -0.1) is 0 Å². The van der Waals surface area contributed by atoms with Crippen molar-refractivity contribution in [1.82, 2.24) is 4.57 Å². The standard InChI is InChI=1S/C17H20N2/c1-13(2)12-19-16(8-9-17(19)11-18)10-15-6-4-14(3)5-7-15/h4-9,13H,10,12H2,1-3H3. The third-order valence-corrected chi connectivity index (χ3v) is 3.24. The summed E-state index contributed by atoms with van der Waals surface area (Å²) in [6, 6.07) is 14.9. The summed E-state index contributed by atoms with van der Waals surface area (Å²) in [5.41, 5.74) is 4.54. The zero-order valence-corrected chi connectivity index (χ0v) is 11.9. The number of benzene rings is 1. The smallest absolute Gasteiger partial charge is 0.120 e. The maximum absolute atomic E-state index is 9.18. The zero-order chi connectivity index (χ0) is 13.8. The number of rotatable bonds is 4. The highest BCUT2D eigenvalue weighted by atomic mass is 15.0. The molecule has 2 aromatic rings. The van der Waals surface area contributed by atoms with Crippen molar-refractivity contribution in [2.75, 3.05) is 0 Å². The van der Waals surface area contributed by atoms with Crippen molar-refractivity contribution in [3.8, 4) is 6.07 Å². The number of nitriles is 1. The largest absolute Gasteiger partial charge is 0.336 e. The molecule has 19 heavy (non-hydrogen) atoms. The average Bonchev–Trinajstić information content (AvgIpc) is 2.74. The molecule has 0 radical (unpaired) electrons. The second-order valence-electron chi connectivity index (χ2n) is 5.49. The number of hydrogen-bond acceptors (Lipinski definition) is 1. The molecule has 1 heterocycles. The molecule has 0 spiro atoms. The molecule has 0 aliphatic heterocycles. The van der Waals surface area contributed by atoms with Crippen molar-refractivity contribution in [3.63, 3.8) is 0 Å². The van der Waals surface area contributed by atoms with Gasteiger partial charge in [-0.25, -0.2) is 0 Å². The van der Waals surface area contributed by atoms with Gasteiger partial charge in [0.2, 0.25) is 0 Å². The van der Waals surface area contributed by atoms with Crippen LogP contribution in [0, 0.1) is 24.2 Å². The van der Waals surface area contributed by atoms with Gasteiger partial charge in [-0.2, -0.15) is 5.26 Å². The molecule has 0 aliphatic carbocycles. The van der Waals surface area contributed by atoms with E-state index in [4.69, 9.17) is 0 Å². The Labute approximate surface area is 115 Å². The Balaban J connectivity index is 2.27. The van der Waals surface area contributed by atoms with Gasteiger partial charge in [0, 0.05) is 18.7 Å². The van der Waals surface area contributed by atoms with E-state index in [2.05, 4.69) is 61.7 Å². The van der Waals surface area contributed by atoms with Crippen LogP contribution in [0.2, 0.25) is 0 Å². The molecule has 2 nitrogen and oxygen atoms in total. The fraction of sp³-hybridized carbons (Fsp3) is 0.353. The van der Waals surface area contributed by atoms with Crippen molar-refractivity contribution in [1.29, 1.82) is 5.26 Å². The van der Waals surface area contributed by atoms with Crippen LogP contribution in [0.4, 0.5) is 0 Å². The van der Waals surface area contributed by atoms with E-state index in [9.17, 15) is 5.26 Å². The lowest BCUT2D eigenvalue weighted by atomic mass is 10.1. The Kier molecular flexibility index (Phi) is 4.06. The van der Waals surface area contributed by atoms with E-state index >= 15 is 0 Å². The Hall–Kier alpha value is -2.01. The molecule has 0 atom stereocenters. The lowest BCUT2D eigenvalue weighted by Gasteiger charge is -2.13. The molecule has 2 heteroatoms. The van der Waals surface area contributed by atoms with Crippen LogP contribution in [0.25, 0.3) is 0 Å². The van der Waals surface area contributed by atoms with E-state index in [1.54, 1.807) is 0 Å². The Morgan fingerprint density at radius 1 is 1.11 bits per heavy atom. The average molecular weight is 252 g/mol. The van der Waals surface area contributed by atoms with Crippen LogP contribution in [0.5, 0.6) is 0 Å².